The molecule has 1 aromatic rings. The Kier molecular flexibility index (Phi) is 6.26. The van der Waals surface area contributed by atoms with E-state index in [4.69, 9.17) is 9.47 Å². The highest BCUT2D eigenvalue weighted by molar-refractivity contribution is 5.97. The predicted molar refractivity (Wildman–Crippen MR) is 86.9 cm³/mol. The van der Waals surface area contributed by atoms with Crippen molar-refractivity contribution in [1.29, 1.82) is 0 Å². The summed E-state index contributed by atoms with van der Waals surface area (Å²) >= 11 is 0. The summed E-state index contributed by atoms with van der Waals surface area (Å²) in [6.07, 6.45) is 4.41. The van der Waals surface area contributed by atoms with Gasteiger partial charge in [0.1, 0.15) is 0 Å². The molecule has 2 amide bonds. The number of nitrogens with one attached hydrogen (secondary N) is 1. The van der Waals surface area contributed by atoms with Crippen molar-refractivity contribution in [2.45, 2.75) is 25.7 Å². The Hall–Kier alpha value is -2.24. The van der Waals surface area contributed by atoms with Crippen LogP contribution in [-0.2, 0) is 4.79 Å². The van der Waals surface area contributed by atoms with Gasteiger partial charge in [-0.1, -0.05) is 12.8 Å². The van der Waals surface area contributed by atoms with Crippen molar-refractivity contribution in [3.63, 3.8) is 0 Å². The van der Waals surface area contributed by atoms with Crippen LogP contribution in [0.15, 0.2) is 18.2 Å². The number of amides is 2. The third kappa shape index (κ3) is 4.61. The molecule has 6 heteroatoms. The minimum atomic E-state index is -0.297. The van der Waals surface area contributed by atoms with E-state index in [1.165, 1.54) is 27.1 Å². The Balaban J connectivity index is 1.92. The summed E-state index contributed by atoms with van der Waals surface area (Å²) in [6.45, 7) is 1.59. The molecule has 0 bridgehead atoms. The first-order valence-electron chi connectivity index (χ1n) is 7.93. The maximum Gasteiger partial charge on any atom is 0.251 e. The minimum Gasteiger partial charge on any atom is -0.493 e. The summed E-state index contributed by atoms with van der Waals surface area (Å²) in [7, 11) is 3.06. The van der Waals surface area contributed by atoms with Gasteiger partial charge in [-0.3, -0.25) is 9.59 Å². The monoisotopic (exact) mass is 320 g/mol. The highest BCUT2D eigenvalue weighted by atomic mass is 16.5. The molecule has 0 aliphatic carbocycles. The molecule has 0 spiro atoms. The molecule has 1 heterocycles. The van der Waals surface area contributed by atoms with E-state index in [1.54, 1.807) is 18.2 Å². The molecule has 0 unspecified atom stereocenters. The highest BCUT2D eigenvalue weighted by Gasteiger charge is 2.17. The van der Waals surface area contributed by atoms with Gasteiger partial charge < -0.3 is 19.7 Å². The van der Waals surface area contributed by atoms with Crippen molar-refractivity contribution in [2.75, 3.05) is 33.9 Å². The molecule has 23 heavy (non-hydrogen) atoms. The molecule has 1 fully saturated rings. The summed E-state index contributed by atoms with van der Waals surface area (Å²) in [5, 5.41) is 2.68. The van der Waals surface area contributed by atoms with Crippen molar-refractivity contribution < 1.29 is 19.1 Å². The van der Waals surface area contributed by atoms with Gasteiger partial charge in [-0.05, 0) is 31.0 Å². The number of hydrogen-bond donors (Lipinski definition) is 1. The van der Waals surface area contributed by atoms with E-state index in [0.717, 1.165) is 25.9 Å². The molecule has 126 valence electrons. The summed E-state index contributed by atoms with van der Waals surface area (Å²) < 4.78 is 10.3. The molecule has 2 rings (SSSR count). The first-order valence-corrected chi connectivity index (χ1v) is 7.93. The van der Waals surface area contributed by atoms with E-state index in [9.17, 15) is 9.59 Å². The Bertz CT molecular complexity index is 552. The summed E-state index contributed by atoms with van der Waals surface area (Å²) in [6, 6.07) is 4.92. The Morgan fingerprint density at radius 2 is 1.70 bits per heavy atom. The fraction of sp³-hybridized carbons (Fsp3) is 0.529. The summed E-state index contributed by atoms with van der Waals surface area (Å²) in [5.74, 6) is 0.721. The molecule has 6 nitrogen and oxygen atoms in total. The van der Waals surface area contributed by atoms with Crippen LogP contribution in [-0.4, -0.2) is 50.6 Å². The maximum absolute atomic E-state index is 12.2. The molecule has 1 aromatic carbocycles. The predicted octanol–water partition coefficient (Wildman–Crippen LogP) is 1.84. The lowest BCUT2D eigenvalue weighted by atomic mass is 10.2. The van der Waals surface area contributed by atoms with Gasteiger partial charge in [-0.25, -0.2) is 0 Å². The van der Waals surface area contributed by atoms with Gasteiger partial charge in [-0.15, -0.1) is 0 Å². The summed E-state index contributed by atoms with van der Waals surface area (Å²) in [5.41, 5.74) is 0.436. The second-order valence-electron chi connectivity index (χ2n) is 5.55. The van der Waals surface area contributed by atoms with E-state index in [1.807, 2.05) is 4.90 Å². The van der Waals surface area contributed by atoms with E-state index in [-0.39, 0.29) is 18.4 Å². The SMILES string of the molecule is COc1ccc(C(=O)NCC(=O)N2CCCCCC2)cc1OC. The Morgan fingerprint density at radius 3 is 2.30 bits per heavy atom. The number of hydrogen-bond acceptors (Lipinski definition) is 4. The zero-order valence-corrected chi connectivity index (χ0v) is 13.8. The van der Waals surface area contributed by atoms with Crippen LogP contribution in [0.25, 0.3) is 0 Å². The normalized spacial score (nSPS) is 14.8. The van der Waals surface area contributed by atoms with Crippen molar-refractivity contribution in [3.05, 3.63) is 23.8 Å². The molecular formula is C17H24N2O4. The molecular weight excluding hydrogens is 296 g/mol. The number of likely N-dealkylation sites (tertiary alicyclic amines) is 1. The fourth-order valence-electron chi connectivity index (χ4n) is 2.67. The molecule has 0 radical (unpaired) electrons. The van der Waals surface area contributed by atoms with Crippen LogP contribution in [0.5, 0.6) is 11.5 Å². The first kappa shape index (κ1) is 17.1. The molecule has 0 saturated carbocycles. The summed E-state index contributed by atoms with van der Waals surface area (Å²) in [4.78, 5) is 26.2. The number of ether oxygens (including phenoxy) is 2. The standard InChI is InChI=1S/C17H24N2O4/c1-22-14-8-7-13(11-15(14)23-2)17(21)18-12-16(20)19-9-5-3-4-6-10-19/h7-8,11H,3-6,9-10,12H2,1-2H3,(H,18,21). The second kappa shape index (κ2) is 8.41. The van der Waals surface area contributed by atoms with Crippen molar-refractivity contribution in [2.24, 2.45) is 0 Å². The van der Waals surface area contributed by atoms with Crippen LogP contribution >= 0.6 is 0 Å². The molecule has 1 N–H and O–H groups in total. The molecule has 1 aliphatic heterocycles. The second-order valence-corrected chi connectivity index (χ2v) is 5.55. The third-order valence-corrected chi connectivity index (χ3v) is 4.00. The molecule has 1 aliphatic rings. The van der Waals surface area contributed by atoms with Crippen LogP contribution in [0.2, 0.25) is 0 Å². The van der Waals surface area contributed by atoms with Gasteiger partial charge in [0, 0.05) is 18.7 Å². The largest absolute Gasteiger partial charge is 0.493 e. The average molecular weight is 320 g/mol. The lowest BCUT2D eigenvalue weighted by Crippen LogP contribution is -2.40. The maximum atomic E-state index is 12.2. The van der Waals surface area contributed by atoms with E-state index in [0.29, 0.717) is 17.1 Å². The van der Waals surface area contributed by atoms with Gasteiger partial charge in [0.25, 0.3) is 5.91 Å². The van der Waals surface area contributed by atoms with Crippen LogP contribution in [0.4, 0.5) is 0 Å². The number of rotatable bonds is 5. The van der Waals surface area contributed by atoms with E-state index < -0.39 is 0 Å². The van der Waals surface area contributed by atoms with Crippen molar-refractivity contribution >= 4 is 11.8 Å². The fourth-order valence-corrected chi connectivity index (χ4v) is 2.67. The number of carbonyl (C=O) groups is 2. The number of benzene rings is 1. The molecule has 1 saturated heterocycles. The van der Waals surface area contributed by atoms with Crippen molar-refractivity contribution in [3.8, 4) is 11.5 Å². The van der Waals surface area contributed by atoms with Gasteiger partial charge in [0.15, 0.2) is 11.5 Å². The minimum absolute atomic E-state index is 0.0210. The number of nitrogens with zero attached hydrogens (tertiary/aromatic N) is 1. The Labute approximate surface area is 136 Å². The van der Waals surface area contributed by atoms with Crippen LogP contribution in [0.3, 0.4) is 0 Å². The zero-order chi connectivity index (χ0) is 16.7. The smallest absolute Gasteiger partial charge is 0.251 e. The topological polar surface area (TPSA) is 67.9 Å². The lowest BCUT2D eigenvalue weighted by Gasteiger charge is -2.20. The Morgan fingerprint density at radius 1 is 1.04 bits per heavy atom. The third-order valence-electron chi connectivity index (χ3n) is 4.00. The van der Waals surface area contributed by atoms with Crippen molar-refractivity contribution in [1.82, 2.24) is 10.2 Å². The molecule has 0 atom stereocenters. The van der Waals surface area contributed by atoms with Gasteiger partial charge in [-0.2, -0.15) is 0 Å². The van der Waals surface area contributed by atoms with Crippen LogP contribution < -0.4 is 14.8 Å². The zero-order valence-electron chi connectivity index (χ0n) is 13.8. The average Bonchev–Trinajstić information content (AvgIpc) is 2.88. The first-order chi connectivity index (χ1) is 11.2. The number of carbonyl (C=O) groups excluding carboxylic acids is 2. The lowest BCUT2D eigenvalue weighted by molar-refractivity contribution is -0.130. The van der Waals surface area contributed by atoms with Gasteiger partial charge in [0.2, 0.25) is 5.91 Å². The highest BCUT2D eigenvalue weighted by Crippen LogP contribution is 2.27. The molecule has 0 aromatic heterocycles. The van der Waals surface area contributed by atoms with E-state index >= 15 is 0 Å². The van der Waals surface area contributed by atoms with Gasteiger partial charge in [0.05, 0.1) is 20.8 Å². The van der Waals surface area contributed by atoms with E-state index in [2.05, 4.69) is 5.32 Å². The van der Waals surface area contributed by atoms with Gasteiger partial charge >= 0.3 is 0 Å². The number of methoxy groups -OCH3 is 2. The van der Waals surface area contributed by atoms with Crippen LogP contribution in [0, 0.1) is 0 Å². The quantitative estimate of drug-likeness (QED) is 0.899. The van der Waals surface area contributed by atoms with Crippen LogP contribution in [0.1, 0.15) is 36.0 Å².